The number of ketones is 1. The van der Waals surface area contributed by atoms with Crippen LogP contribution in [0.3, 0.4) is 0 Å². The van der Waals surface area contributed by atoms with Crippen molar-refractivity contribution < 1.29 is 24.9 Å². The van der Waals surface area contributed by atoms with Crippen molar-refractivity contribution in [3.63, 3.8) is 0 Å². The first kappa shape index (κ1) is 33.9. The van der Waals surface area contributed by atoms with Crippen molar-refractivity contribution in [2.45, 2.75) is 79.1 Å². The topological polar surface area (TPSA) is 68.6 Å². The average molecular weight is 703 g/mol. The summed E-state index contributed by atoms with van der Waals surface area (Å²) in [5, 5.41) is 0. The van der Waals surface area contributed by atoms with E-state index in [1.165, 1.54) is 0 Å². The van der Waals surface area contributed by atoms with Crippen LogP contribution in [0.5, 0.6) is 0 Å². The van der Waals surface area contributed by atoms with Gasteiger partial charge in [-0.2, -0.15) is 0 Å². The molecule has 0 N–H and O–H groups in total. The van der Waals surface area contributed by atoms with Crippen molar-refractivity contribution in [1.82, 2.24) is 19.9 Å². The predicted molar refractivity (Wildman–Crippen MR) is 158 cm³/mol. The zero-order valence-corrected chi connectivity index (χ0v) is 26.9. The summed E-state index contributed by atoms with van der Waals surface area (Å²) in [5.74, 6) is 0.289. The molecular formula is C33H42IrN4O+3. The fourth-order valence-corrected chi connectivity index (χ4v) is 3.42. The third-order valence-electron chi connectivity index (χ3n) is 5.61. The van der Waals surface area contributed by atoms with Gasteiger partial charge in [-0.25, -0.2) is 19.9 Å². The largest absolute Gasteiger partial charge is 3.00 e. The van der Waals surface area contributed by atoms with Crippen LogP contribution >= 0.6 is 0 Å². The van der Waals surface area contributed by atoms with Gasteiger partial charge in [0.2, 0.25) is 0 Å². The summed E-state index contributed by atoms with van der Waals surface area (Å²) in [6.45, 7) is 16.6. The van der Waals surface area contributed by atoms with E-state index in [-0.39, 0.29) is 36.7 Å². The number of hydrogen-bond acceptors (Lipinski definition) is 5. The number of benzene rings is 2. The molecule has 2 heterocycles. The Kier molecular flexibility index (Phi) is 14.0. The molecule has 2 aromatic heterocycles. The monoisotopic (exact) mass is 703 g/mol. The van der Waals surface area contributed by atoms with Gasteiger partial charge in [0, 0.05) is 39.8 Å². The molecule has 0 unspecified atom stereocenters. The maximum absolute atomic E-state index is 10.0. The summed E-state index contributed by atoms with van der Waals surface area (Å²) < 4.78 is 0. The van der Waals surface area contributed by atoms with Crippen LogP contribution in [0.1, 0.15) is 79.6 Å². The number of rotatable bonds is 4. The fraction of sp³-hybridized carbons (Fsp3) is 0.364. The van der Waals surface area contributed by atoms with Crippen LogP contribution in [0, 0.1) is 0 Å². The molecule has 0 atom stereocenters. The first-order chi connectivity index (χ1) is 17.9. The van der Waals surface area contributed by atoms with E-state index in [1.54, 1.807) is 19.6 Å². The molecule has 0 saturated carbocycles. The van der Waals surface area contributed by atoms with E-state index in [0.717, 1.165) is 46.7 Å². The van der Waals surface area contributed by atoms with Gasteiger partial charge in [-0.15, -0.1) is 0 Å². The molecule has 0 bridgehead atoms. The van der Waals surface area contributed by atoms with Gasteiger partial charge in [0.15, 0.2) is 0 Å². The maximum atomic E-state index is 10.0. The third kappa shape index (κ3) is 12.1. The second-order valence-corrected chi connectivity index (χ2v) is 11.3. The van der Waals surface area contributed by atoms with Crippen LogP contribution in [-0.4, -0.2) is 25.7 Å². The Hall–Kier alpha value is -3.08. The first-order valence-electron chi connectivity index (χ1n) is 13.2. The van der Waals surface area contributed by atoms with Crippen molar-refractivity contribution in [2.75, 3.05) is 0 Å². The summed E-state index contributed by atoms with van der Waals surface area (Å²) in [7, 11) is 0. The van der Waals surface area contributed by atoms with Gasteiger partial charge in [0.25, 0.3) is 0 Å². The molecule has 0 aliphatic carbocycles. The molecule has 0 spiro atoms. The molecule has 2 aromatic carbocycles. The average Bonchev–Trinajstić information content (AvgIpc) is 2.90. The Morgan fingerprint density at radius 1 is 0.641 bits per heavy atom. The second-order valence-electron chi connectivity index (χ2n) is 11.3. The van der Waals surface area contributed by atoms with Crippen LogP contribution < -0.4 is 0 Å². The number of hydrogen-bond donors (Lipinski definition) is 0. The number of nitrogens with zero attached hydrogens (tertiary/aromatic N) is 4. The first-order valence-corrected chi connectivity index (χ1v) is 13.2. The summed E-state index contributed by atoms with van der Waals surface area (Å²) >= 11 is 0. The van der Waals surface area contributed by atoms with E-state index < -0.39 is 0 Å². The molecule has 4 aromatic rings. The quantitative estimate of drug-likeness (QED) is 0.214. The van der Waals surface area contributed by atoms with Crippen LogP contribution in [-0.2, 0) is 35.7 Å². The molecule has 0 amide bonds. The molecule has 6 heteroatoms. The molecule has 0 fully saturated rings. The normalized spacial score (nSPS) is 10.7. The molecule has 206 valence electrons. The minimum atomic E-state index is 0. The van der Waals surface area contributed by atoms with Crippen molar-refractivity contribution >= 4 is 5.78 Å². The number of aromatic nitrogens is 4. The summed E-state index contributed by atoms with van der Waals surface area (Å²) in [6.07, 6.45) is 5.00. The summed E-state index contributed by atoms with van der Waals surface area (Å²) in [4.78, 5) is 27.3. The van der Waals surface area contributed by atoms with Gasteiger partial charge < -0.3 is 4.79 Å². The molecule has 39 heavy (non-hydrogen) atoms. The number of carbonyl (C=O) groups excluding carboxylic acids is 1. The summed E-state index contributed by atoms with van der Waals surface area (Å²) in [6, 6.07) is 24.5. The zero-order valence-electron chi connectivity index (χ0n) is 24.5. The van der Waals surface area contributed by atoms with Gasteiger partial charge in [-0.1, -0.05) is 109 Å². The number of carbonyl (C=O) groups is 1. The van der Waals surface area contributed by atoms with E-state index in [1.807, 2.05) is 43.3 Å². The molecule has 0 saturated heterocycles. The van der Waals surface area contributed by atoms with E-state index in [0.29, 0.717) is 0 Å². The van der Waals surface area contributed by atoms with Crippen LogP contribution in [0.4, 0.5) is 0 Å². The molecule has 0 aliphatic rings. The van der Waals surface area contributed by atoms with Gasteiger partial charge in [-0.05, 0) is 25.5 Å². The van der Waals surface area contributed by atoms with Crippen LogP contribution in [0.2, 0.25) is 0 Å². The molecule has 5 nitrogen and oxygen atoms in total. The smallest absolute Gasteiger partial charge is 0.300 e. The van der Waals surface area contributed by atoms with Gasteiger partial charge in [0.1, 0.15) is 18.4 Å². The minimum absolute atomic E-state index is 0. The van der Waals surface area contributed by atoms with Crippen molar-refractivity contribution in [1.29, 1.82) is 0 Å². The van der Waals surface area contributed by atoms with E-state index >= 15 is 0 Å². The zero-order chi connectivity index (χ0) is 28.2. The Morgan fingerprint density at radius 2 is 1.00 bits per heavy atom. The van der Waals surface area contributed by atoms with E-state index in [2.05, 4.69) is 97.9 Å². The fourth-order valence-electron chi connectivity index (χ4n) is 3.42. The van der Waals surface area contributed by atoms with Crippen molar-refractivity contribution in [2.24, 2.45) is 0 Å². The third-order valence-corrected chi connectivity index (χ3v) is 5.61. The Bertz CT molecular complexity index is 1170. The van der Waals surface area contributed by atoms with Crippen molar-refractivity contribution in [3.8, 4) is 22.5 Å². The Labute approximate surface area is 248 Å². The maximum Gasteiger partial charge on any atom is 3.00 e. The molecule has 0 radical (unpaired) electrons. The molecule has 4 rings (SSSR count). The second kappa shape index (κ2) is 16.1. The predicted octanol–water partition coefficient (Wildman–Crippen LogP) is 8.26. The molecule has 0 aliphatic heterocycles. The van der Waals surface area contributed by atoms with Crippen LogP contribution in [0.25, 0.3) is 22.5 Å². The van der Waals surface area contributed by atoms with Crippen LogP contribution in [0.15, 0.2) is 85.5 Å². The van der Waals surface area contributed by atoms with Crippen molar-refractivity contribution in [3.05, 3.63) is 96.8 Å². The SMILES string of the molecule is CC(C)(C)c1cc(-c2ccccc2)ncn1.CC(C)(C)c1cc(-c2ccccc2)ncn1.CCCC(C)=O.[Ir+3]. The summed E-state index contributed by atoms with van der Waals surface area (Å²) in [5.41, 5.74) is 6.51. The van der Waals surface area contributed by atoms with Gasteiger partial charge in [0.05, 0.1) is 11.4 Å². The Balaban J connectivity index is 0.000000318. The van der Waals surface area contributed by atoms with Gasteiger partial charge >= 0.3 is 20.1 Å². The Morgan fingerprint density at radius 3 is 1.26 bits per heavy atom. The van der Waals surface area contributed by atoms with E-state index in [4.69, 9.17) is 0 Å². The number of Topliss-reactive ketones (excluding diaryl/α,β-unsaturated/α-hetero) is 1. The van der Waals surface area contributed by atoms with E-state index in [9.17, 15) is 4.79 Å². The minimum Gasteiger partial charge on any atom is -0.300 e. The standard InChI is InChI=1S/2C14H16N2.C5H10O.Ir/c2*1-14(2,3)13-9-12(15-10-16-13)11-7-5-4-6-8-11;1-3-4-5(2)6;/h2*4-10H,1-3H3;3-4H2,1-2H3;/q;;;+3. The van der Waals surface area contributed by atoms with Gasteiger partial charge in [-0.3, -0.25) is 0 Å². The molecular weight excluding hydrogens is 661 g/mol.